The number of aryl methyl sites for hydroxylation is 2. The van der Waals surface area contributed by atoms with Gasteiger partial charge < -0.3 is 5.73 Å². The number of nitrogens with zero attached hydrogens (tertiary/aromatic N) is 2. The monoisotopic (exact) mass is 327 g/mol. The second-order valence-electron chi connectivity index (χ2n) is 4.30. The summed E-state index contributed by atoms with van der Waals surface area (Å²) in [5.74, 6) is 0. The Morgan fingerprint density at radius 3 is 2.67 bits per heavy atom. The van der Waals surface area contributed by atoms with Crippen LogP contribution in [0.3, 0.4) is 0 Å². The molecule has 0 amide bonds. The predicted octanol–water partition coefficient (Wildman–Crippen LogP) is 3.39. The summed E-state index contributed by atoms with van der Waals surface area (Å²) < 4.78 is 2.82. The molecule has 0 saturated carbocycles. The van der Waals surface area contributed by atoms with Gasteiger partial charge in [0, 0.05) is 24.0 Å². The van der Waals surface area contributed by atoms with Crippen LogP contribution in [0.25, 0.3) is 0 Å². The van der Waals surface area contributed by atoms with Gasteiger partial charge in [-0.2, -0.15) is 5.10 Å². The van der Waals surface area contributed by atoms with Crippen molar-refractivity contribution in [2.45, 2.75) is 19.4 Å². The smallest absolute Gasteiger partial charge is 0.0847 e. The summed E-state index contributed by atoms with van der Waals surface area (Å²) in [6, 6.07) is 7.86. The molecule has 0 bridgehead atoms. The zero-order valence-electron chi connectivity index (χ0n) is 10.3. The molecule has 3 nitrogen and oxygen atoms in total. The number of halogens is 2. The molecule has 0 fully saturated rings. The van der Waals surface area contributed by atoms with Gasteiger partial charge in [0.2, 0.25) is 0 Å². The maximum Gasteiger partial charge on any atom is 0.0847 e. The Bertz CT molecular complexity index is 565. The zero-order chi connectivity index (χ0) is 13.3. The van der Waals surface area contributed by atoms with Crippen molar-refractivity contribution in [2.75, 3.05) is 0 Å². The Morgan fingerprint density at radius 1 is 1.44 bits per heavy atom. The minimum Gasteiger partial charge on any atom is -0.324 e. The van der Waals surface area contributed by atoms with Gasteiger partial charge in [0.25, 0.3) is 0 Å². The molecule has 96 valence electrons. The van der Waals surface area contributed by atoms with E-state index in [1.165, 1.54) is 0 Å². The molecule has 1 aromatic carbocycles. The molecule has 18 heavy (non-hydrogen) atoms. The first kappa shape index (κ1) is 13.6. The molecule has 2 rings (SSSR count). The highest BCUT2D eigenvalue weighted by Crippen LogP contribution is 2.27. The molecule has 0 aliphatic carbocycles. The lowest BCUT2D eigenvalue weighted by atomic mass is 10.0. The van der Waals surface area contributed by atoms with Crippen molar-refractivity contribution in [3.05, 3.63) is 50.7 Å². The van der Waals surface area contributed by atoms with Crippen LogP contribution in [0.15, 0.2) is 28.7 Å². The van der Waals surface area contributed by atoms with Crippen LogP contribution in [0.2, 0.25) is 5.02 Å². The van der Waals surface area contributed by atoms with E-state index in [-0.39, 0.29) is 6.04 Å². The highest BCUT2D eigenvalue weighted by atomic mass is 79.9. The fourth-order valence-electron chi connectivity index (χ4n) is 2.00. The summed E-state index contributed by atoms with van der Waals surface area (Å²) in [4.78, 5) is 0. The lowest BCUT2D eigenvalue weighted by Gasteiger charge is -2.14. The second-order valence-corrected chi connectivity index (χ2v) is 5.53. The van der Waals surface area contributed by atoms with E-state index in [0.717, 1.165) is 21.4 Å². The average molecular weight is 329 g/mol. The van der Waals surface area contributed by atoms with E-state index >= 15 is 0 Å². The van der Waals surface area contributed by atoms with E-state index in [9.17, 15) is 0 Å². The molecule has 0 aliphatic heterocycles. The normalized spacial score (nSPS) is 12.7. The van der Waals surface area contributed by atoms with Gasteiger partial charge in [0.1, 0.15) is 0 Å². The van der Waals surface area contributed by atoms with Crippen LogP contribution in [0, 0.1) is 6.92 Å². The van der Waals surface area contributed by atoms with Crippen molar-refractivity contribution in [2.24, 2.45) is 12.8 Å². The molecule has 1 aromatic heterocycles. The van der Waals surface area contributed by atoms with Gasteiger partial charge in [-0.25, -0.2) is 0 Å². The van der Waals surface area contributed by atoms with E-state index in [0.29, 0.717) is 11.4 Å². The fraction of sp³-hybridized carbons (Fsp3) is 0.308. The molecule has 2 N–H and O–H groups in total. The molecule has 0 spiro atoms. The minimum atomic E-state index is -0.104. The molecule has 5 heteroatoms. The highest BCUT2D eigenvalue weighted by Gasteiger charge is 2.16. The highest BCUT2D eigenvalue weighted by molar-refractivity contribution is 9.10. The van der Waals surface area contributed by atoms with Crippen molar-refractivity contribution in [3.63, 3.8) is 0 Å². The van der Waals surface area contributed by atoms with Crippen molar-refractivity contribution >= 4 is 27.5 Å². The standard InChI is InChI=1S/C13H15BrClN3/c1-8-13(15)12(18(2)17-8)7-11(16)9-5-3-4-6-10(9)14/h3-6,11H,7,16H2,1-2H3. The first-order valence-corrected chi connectivity index (χ1v) is 6.85. The van der Waals surface area contributed by atoms with Crippen molar-refractivity contribution in [3.8, 4) is 0 Å². The van der Waals surface area contributed by atoms with Gasteiger partial charge in [-0.15, -0.1) is 0 Å². The van der Waals surface area contributed by atoms with Gasteiger partial charge in [0.15, 0.2) is 0 Å². The Hall–Kier alpha value is -0.840. The second kappa shape index (κ2) is 5.43. The van der Waals surface area contributed by atoms with Crippen LogP contribution in [0.4, 0.5) is 0 Å². The van der Waals surface area contributed by atoms with Crippen molar-refractivity contribution in [1.82, 2.24) is 9.78 Å². The number of aromatic nitrogens is 2. The Labute approximate surface area is 120 Å². The van der Waals surface area contributed by atoms with Gasteiger partial charge in [-0.05, 0) is 18.6 Å². The van der Waals surface area contributed by atoms with Crippen LogP contribution in [0.1, 0.15) is 23.0 Å². The molecule has 0 radical (unpaired) electrons. The topological polar surface area (TPSA) is 43.8 Å². The zero-order valence-corrected chi connectivity index (χ0v) is 12.7. The molecule has 0 saturated heterocycles. The van der Waals surface area contributed by atoms with Gasteiger partial charge in [0.05, 0.1) is 16.4 Å². The number of rotatable bonds is 3. The van der Waals surface area contributed by atoms with E-state index in [4.69, 9.17) is 17.3 Å². The quantitative estimate of drug-likeness (QED) is 0.938. The van der Waals surface area contributed by atoms with E-state index < -0.39 is 0 Å². The summed E-state index contributed by atoms with van der Waals surface area (Å²) in [5.41, 5.74) is 9.13. The maximum atomic E-state index is 6.25. The summed E-state index contributed by atoms with van der Waals surface area (Å²) in [5, 5.41) is 5.01. The van der Waals surface area contributed by atoms with Crippen LogP contribution in [-0.2, 0) is 13.5 Å². The Kier molecular flexibility index (Phi) is 4.10. The van der Waals surface area contributed by atoms with Crippen molar-refractivity contribution in [1.29, 1.82) is 0 Å². The van der Waals surface area contributed by atoms with Crippen LogP contribution in [-0.4, -0.2) is 9.78 Å². The summed E-state index contributed by atoms with van der Waals surface area (Å²) >= 11 is 9.75. The van der Waals surface area contributed by atoms with Gasteiger partial charge in [-0.1, -0.05) is 45.7 Å². The van der Waals surface area contributed by atoms with Crippen LogP contribution in [0.5, 0.6) is 0 Å². The van der Waals surface area contributed by atoms with E-state index in [1.807, 2.05) is 38.2 Å². The number of hydrogen-bond acceptors (Lipinski definition) is 2. The number of nitrogens with two attached hydrogens (primary N) is 1. The van der Waals surface area contributed by atoms with Gasteiger partial charge in [-0.3, -0.25) is 4.68 Å². The SMILES string of the molecule is Cc1nn(C)c(CC(N)c2ccccc2Br)c1Cl. The third-order valence-corrected chi connectivity index (χ3v) is 4.19. The Balaban J connectivity index is 2.27. The molecular formula is C13H15BrClN3. The molecule has 2 aromatic rings. The van der Waals surface area contributed by atoms with Gasteiger partial charge >= 0.3 is 0 Å². The largest absolute Gasteiger partial charge is 0.324 e. The molecule has 0 aliphatic rings. The molecule has 1 atom stereocenters. The van der Waals surface area contributed by atoms with Crippen LogP contribution >= 0.6 is 27.5 Å². The number of benzene rings is 1. The predicted molar refractivity (Wildman–Crippen MR) is 77.7 cm³/mol. The third-order valence-electron chi connectivity index (χ3n) is 2.98. The summed E-state index contributed by atoms with van der Waals surface area (Å²) in [7, 11) is 1.89. The van der Waals surface area contributed by atoms with Crippen LogP contribution < -0.4 is 5.73 Å². The lowest BCUT2D eigenvalue weighted by Crippen LogP contribution is -2.16. The number of hydrogen-bond donors (Lipinski definition) is 1. The summed E-state index contributed by atoms with van der Waals surface area (Å²) in [6.45, 7) is 1.90. The fourth-order valence-corrected chi connectivity index (χ4v) is 2.81. The van der Waals surface area contributed by atoms with E-state index in [2.05, 4.69) is 21.0 Å². The van der Waals surface area contributed by atoms with Crippen molar-refractivity contribution < 1.29 is 0 Å². The Morgan fingerprint density at radius 2 is 2.11 bits per heavy atom. The lowest BCUT2D eigenvalue weighted by molar-refractivity contribution is 0.638. The minimum absolute atomic E-state index is 0.104. The average Bonchev–Trinajstić information content (AvgIpc) is 2.56. The summed E-state index contributed by atoms with van der Waals surface area (Å²) in [6.07, 6.45) is 0.665. The van der Waals surface area contributed by atoms with E-state index in [1.54, 1.807) is 4.68 Å². The molecular weight excluding hydrogens is 314 g/mol. The third kappa shape index (κ3) is 2.60. The first-order valence-electron chi connectivity index (χ1n) is 5.68. The molecule has 1 unspecified atom stereocenters. The molecule has 1 heterocycles. The first-order chi connectivity index (χ1) is 8.50. The maximum absolute atomic E-state index is 6.25.